The van der Waals surface area contributed by atoms with E-state index in [2.05, 4.69) is 0 Å². The maximum atomic E-state index is 11.9. The van der Waals surface area contributed by atoms with Gasteiger partial charge in [-0.15, -0.1) is 0 Å². The molecule has 19 heavy (non-hydrogen) atoms. The first-order valence-corrected chi connectivity index (χ1v) is 6.70. The average molecular weight is 264 g/mol. The quantitative estimate of drug-likeness (QED) is 0.710. The van der Waals surface area contributed by atoms with Gasteiger partial charge in [0.1, 0.15) is 11.5 Å². The van der Waals surface area contributed by atoms with Crippen molar-refractivity contribution in [2.75, 3.05) is 13.7 Å². The summed E-state index contributed by atoms with van der Waals surface area (Å²) in [6.07, 6.45) is 2.57. The minimum Gasteiger partial charge on any atom is -0.497 e. The number of hydrogen-bond donors (Lipinski definition) is 0. The van der Waals surface area contributed by atoms with Crippen molar-refractivity contribution in [3.05, 3.63) is 24.3 Å². The Morgan fingerprint density at radius 1 is 1.37 bits per heavy atom. The zero-order chi connectivity index (χ0) is 13.7. The van der Waals surface area contributed by atoms with Crippen LogP contribution in [0.3, 0.4) is 0 Å². The van der Waals surface area contributed by atoms with Crippen LogP contribution in [0.15, 0.2) is 24.3 Å². The van der Waals surface area contributed by atoms with Crippen molar-refractivity contribution in [1.29, 1.82) is 0 Å². The van der Waals surface area contributed by atoms with Gasteiger partial charge in [-0.25, -0.2) is 4.79 Å². The number of rotatable bonds is 7. The number of hydrogen-bond acceptors (Lipinski definition) is 4. The molecule has 1 aromatic rings. The summed E-state index contributed by atoms with van der Waals surface area (Å²) in [4.78, 5) is 11.9. The molecule has 1 aliphatic rings. The average Bonchev–Trinajstić information content (AvgIpc) is 3.22. The topological polar surface area (TPSA) is 44.8 Å². The summed E-state index contributed by atoms with van der Waals surface area (Å²) < 4.78 is 16.0. The highest BCUT2D eigenvalue weighted by Gasteiger charge is 2.31. The van der Waals surface area contributed by atoms with Gasteiger partial charge >= 0.3 is 5.97 Å². The molecule has 0 amide bonds. The fourth-order valence-electron chi connectivity index (χ4n) is 1.92. The summed E-state index contributed by atoms with van der Waals surface area (Å²) in [5.74, 6) is 1.67. The molecule has 2 rings (SSSR count). The number of methoxy groups -OCH3 is 1. The predicted octanol–water partition coefficient (Wildman–Crippen LogP) is 2.81. The lowest BCUT2D eigenvalue weighted by Gasteiger charge is -2.17. The van der Waals surface area contributed by atoms with E-state index < -0.39 is 6.10 Å². The van der Waals surface area contributed by atoms with Crippen LogP contribution < -0.4 is 9.47 Å². The first kappa shape index (κ1) is 13.7. The monoisotopic (exact) mass is 264 g/mol. The lowest BCUT2D eigenvalue weighted by Crippen LogP contribution is -2.30. The van der Waals surface area contributed by atoms with E-state index in [0.717, 1.165) is 6.42 Å². The van der Waals surface area contributed by atoms with E-state index in [1.807, 2.05) is 18.2 Å². The number of carbonyl (C=O) groups excluding carboxylic acids is 1. The molecular formula is C15H20O4. The largest absolute Gasteiger partial charge is 0.497 e. The van der Waals surface area contributed by atoms with Gasteiger partial charge in [-0.1, -0.05) is 18.9 Å². The molecule has 0 aliphatic heterocycles. The van der Waals surface area contributed by atoms with Crippen molar-refractivity contribution >= 4 is 5.97 Å². The molecule has 1 fully saturated rings. The third-order valence-corrected chi connectivity index (χ3v) is 3.11. The molecule has 0 saturated heterocycles. The molecular weight excluding hydrogens is 244 g/mol. The second-order valence-electron chi connectivity index (χ2n) is 4.72. The van der Waals surface area contributed by atoms with Crippen LogP contribution >= 0.6 is 0 Å². The third kappa shape index (κ3) is 4.16. The molecule has 4 nitrogen and oxygen atoms in total. The van der Waals surface area contributed by atoms with Gasteiger partial charge < -0.3 is 14.2 Å². The molecule has 4 heteroatoms. The summed E-state index contributed by atoms with van der Waals surface area (Å²) in [6.45, 7) is 2.18. The predicted molar refractivity (Wildman–Crippen MR) is 71.4 cm³/mol. The Labute approximate surface area is 113 Å². The van der Waals surface area contributed by atoms with E-state index in [0.29, 0.717) is 24.0 Å². The van der Waals surface area contributed by atoms with Gasteiger partial charge in [0, 0.05) is 6.07 Å². The SMILES string of the molecule is CCOC(=O)C(CC1CC1)Oc1cccc(OC)c1. The van der Waals surface area contributed by atoms with E-state index in [-0.39, 0.29) is 5.97 Å². The molecule has 104 valence electrons. The van der Waals surface area contributed by atoms with Crippen LogP contribution in [0.25, 0.3) is 0 Å². The normalized spacial score (nSPS) is 15.7. The van der Waals surface area contributed by atoms with Crippen LogP contribution in [-0.4, -0.2) is 25.8 Å². The van der Waals surface area contributed by atoms with Crippen molar-refractivity contribution in [1.82, 2.24) is 0 Å². The van der Waals surface area contributed by atoms with E-state index >= 15 is 0 Å². The number of benzene rings is 1. The van der Waals surface area contributed by atoms with Gasteiger partial charge in [0.15, 0.2) is 6.10 Å². The highest BCUT2D eigenvalue weighted by atomic mass is 16.6. The second kappa shape index (κ2) is 6.45. The number of ether oxygens (including phenoxy) is 3. The maximum Gasteiger partial charge on any atom is 0.347 e. The van der Waals surface area contributed by atoms with Crippen LogP contribution in [-0.2, 0) is 9.53 Å². The lowest BCUT2D eigenvalue weighted by atomic mass is 10.2. The fraction of sp³-hybridized carbons (Fsp3) is 0.533. The molecule has 0 aromatic heterocycles. The maximum absolute atomic E-state index is 11.9. The second-order valence-corrected chi connectivity index (χ2v) is 4.72. The number of esters is 1. The summed E-state index contributed by atoms with van der Waals surface area (Å²) in [5.41, 5.74) is 0. The van der Waals surface area contributed by atoms with Crippen LogP contribution in [0, 0.1) is 5.92 Å². The minimum atomic E-state index is -0.514. The Hall–Kier alpha value is -1.71. The van der Waals surface area contributed by atoms with Gasteiger partial charge in [0.25, 0.3) is 0 Å². The van der Waals surface area contributed by atoms with Gasteiger partial charge in [0.2, 0.25) is 0 Å². The molecule has 1 unspecified atom stereocenters. The Bertz CT molecular complexity index is 426. The first-order valence-electron chi connectivity index (χ1n) is 6.70. The van der Waals surface area contributed by atoms with Crippen LogP contribution in [0.5, 0.6) is 11.5 Å². The first-order chi connectivity index (χ1) is 9.22. The van der Waals surface area contributed by atoms with Crippen LogP contribution in [0.1, 0.15) is 26.2 Å². The standard InChI is InChI=1S/C15H20O4/c1-3-18-15(16)14(9-11-7-8-11)19-13-6-4-5-12(10-13)17-2/h4-6,10-11,14H,3,7-9H2,1-2H3. The van der Waals surface area contributed by atoms with E-state index in [9.17, 15) is 4.79 Å². The van der Waals surface area contributed by atoms with Crippen molar-refractivity contribution in [3.63, 3.8) is 0 Å². The van der Waals surface area contributed by atoms with Gasteiger partial charge in [-0.05, 0) is 31.4 Å². The Morgan fingerprint density at radius 2 is 2.11 bits per heavy atom. The van der Waals surface area contributed by atoms with E-state index in [4.69, 9.17) is 14.2 Å². The summed E-state index contributed by atoms with van der Waals surface area (Å²) >= 11 is 0. The number of carbonyl (C=O) groups is 1. The summed E-state index contributed by atoms with van der Waals surface area (Å²) in [5, 5.41) is 0. The van der Waals surface area contributed by atoms with Crippen molar-refractivity contribution < 1.29 is 19.0 Å². The van der Waals surface area contributed by atoms with Crippen molar-refractivity contribution in [2.24, 2.45) is 5.92 Å². The smallest absolute Gasteiger partial charge is 0.347 e. The molecule has 0 spiro atoms. The van der Waals surface area contributed by atoms with Gasteiger partial charge in [0.05, 0.1) is 13.7 Å². The van der Waals surface area contributed by atoms with E-state index in [1.54, 1.807) is 20.1 Å². The molecule has 1 aliphatic carbocycles. The van der Waals surface area contributed by atoms with E-state index in [1.165, 1.54) is 12.8 Å². The zero-order valence-electron chi connectivity index (χ0n) is 11.4. The van der Waals surface area contributed by atoms with Crippen molar-refractivity contribution in [3.8, 4) is 11.5 Å². The highest BCUT2D eigenvalue weighted by molar-refractivity contribution is 5.75. The highest BCUT2D eigenvalue weighted by Crippen LogP contribution is 2.35. The molecule has 0 radical (unpaired) electrons. The third-order valence-electron chi connectivity index (χ3n) is 3.11. The minimum absolute atomic E-state index is 0.280. The zero-order valence-corrected chi connectivity index (χ0v) is 11.4. The summed E-state index contributed by atoms with van der Waals surface area (Å²) in [6, 6.07) is 7.28. The Balaban J connectivity index is 2.02. The van der Waals surface area contributed by atoms with Crippen LogP contribution in [0.4, 0.5) is 0 Å². The van der Waals surface area contributed by atoms with Crippen molar-refractivity contribution in [2.45, 2.75) is 32.3 Å². The fourth-order valence-corrected chi connectivity index (χ4v) is 1.92. The molecule has 1 saturated carbocycles. The Kier molecular flexibility index (Phi) is 4.66. The molecule has 1 aromatic carbocycles. The van der Waals surface area contributed by atoms with Crippen LogP contribution in [0.2, 0.25) is 0 Å². The molecule has 0 heterocycles. The lowest BCUT2D eigenvalue weighted by molar-refractivity contribution is -0.151. The molecule has 0 bridgehead atoms. The van der Waals surface area contributed by atoms with Gasteiger partial charge in [-0.2, -0.15) is 0 Å². The van der Waals surface area contributed by atoms with Gasteiger partial charge in [-0.3, -0.25) is 0 Å². The summed E-state index contributed by atoms with van der Waals surface area (Å²) in [7, 11) is 1.60. The molecule has 0 N–H and O–H groups in total. The Morgan fingerprint density at radius 3 is 2.74 bits per heavy atom. The molecule has 1 atom stereocenters.